The molecule has 0 aliphatic heterocycles. The van der Waals surface area contributed by atoms with Crippen molar-refractivity contribution < 1.29 is 8.83 Å². The van der Waals surface area contributed by atoms with Crippen molar-refractivity contribution in [3.63, 3.8) is 0 Å². The minimum Gasteiger partial charge on any atom is -0.455 e. The molecule has 5 aromatic heterocycles. The van der Waals surface area contributed by atoms with Crippen LogP contribution in [0.3, 0.4) is 0 Å². The average molecular weight is 817 g/mol. The molecule has 0 bridgehead atoms. The molecule has 10 aromatic carbocycles. The van der Waals surface area contributed by atoms with E-state index in [2.05, 4.69) is 173 Å². The van der Waals surface area contributed by atoms with Crippen LogP contribution in [-0.4, -0.2) is 19.1 Å². The highest BCUT2D eigenvalue weighted by atomic mass is 16.3. The maximum absolute atomic E-state index is 6.87. The number of benzene rings is 10. The van der Waals surface area contributed by atoms with Gasteiger partial charge < -0.3 is 13.4 Å². The third kappa shape index (κ3) is 4.38. The summed E-state index contributed by atoms with van der Waals surface area (Å²) >= 11 is 0. The number of nitrogens with zero attached hydrogens (tertiary/aromatic N) is 4. The molecule has 5 heterocycles. The number of hydrogen-bond acceptors (Lipinski definition) is 4. The third-order valence-corrected chi connectivity index (χ3v) is 13.5. The van der Waals surface area contributed by atoms with Crippen LogP contribution in [0.15, 0.2) is 203 Å². The van der Waals surface area contributed by atoms with Crippen molar-refractivity contribution in [3.8, 4) is 22.9 Å². The van der Waals surface area contributed by atoms with E-state index in [1.165, 1.54) is 32.3 Å². The molecule has 0 unspecified atom stereocenters. The number of furan rings is 2. The lowest BCUT2D eigenvalue weighted by Crippen LogP contribution is -2.04. The first kappa shape index (κ1) is 33.9. The second kappa shape index (κ2) is 12.4. The van der Waals surface area contributed by atoms with Crippen molar-refractivity contribution in [1.82, 2.24) is 19.1 Å². The lowest BCUT2D eigenvalue weighted by atomic mass is 9.96. The van der Waals surface area contributed by atoms with Crippen LogP contribution in [0.2, 0.25) is 0 Å². The first-order chi connectivity index (χ1) is 31.8. The first-order valence-electron chi connectivity index (χ1n) is 21.7. The van der Waals surface area contributed by atoms with E-state index in [0.717, 1.165) is 93.3 Å². The van der Waals surface area contributed by atoms with Gasteiger partial charge in [0.15, 0.2) is 5.58 Å². The molecule has 0 spiro atoms. The smallest absolute Gasteiger partial charge is 0.236 e. The molecule has 0 atom stereocenters. The van der Waals surface area contributed by atoms with Crippen molar-refractivity contribution in [2.24, 2.45) is 0 Å². The number of rotatable bonds is 3. The van der Waals surface area contributed by atoms with E-state index >= 15 is 0 Å². The highest BCUT2D eigenvalue weighted by Crippen LogP contribution is 2.49. The van der Waals surface area contributed by atoms with E-state index in [4.69, 9.17) is 18.8 Å². The minimum atomic E-state index is 0.545. The molecule has 0 N–H and O–H groups in total. The van der Waals surface area contributed by atoms with E-state index in [1.54, 1.807) is 0 Å². The maximum atomic E-state index is 6.87. The third-order valence-electron chi connectivity index (χ3n) is 13.5. The monoisotopic (exact) mass is 816 g/mol. The van der Waals surface area contributed by atoms with Crippen LogP contribution >= 0.6 is 0 Å². The summed E-state index contributed by atoms with van der Waals surface area (Å²) < 4.78 is 18.5. The predicted molar refractivity (Wildman–Crippen MR) is 263 cm³/mol. The summed E-state index contributed by atoms with van der Waals surface area (Å²) in [5, 5.41) is 14.7. The molecule has 0 radical (unpaired) electrons. The predicted octanol–water partition coefficient (Wildman–Crippen LogP) is 15.6. The first-order valence-corrected chi connectivity index (χ1v) is 21.7. The summed E-state index contributed by atoms with van der Waals surface area (Å²) in [6.07, 6.45) is 0. The van der Waals surface area contributed by atoms with Crippen LogP contribution in [0.4, 0.5) is 0 Å². The van der Waals surface area contributed by atoms with Crippen molar-refractivity contribution in [2.75, 3.05) is 0 Å². The summed E-state index contributed by atoms with van der Waals surface area (Å²) in [7, 11) is 0. The maximum Gasteiger partial charge on any atom is 0.236 e. The molecular weight excluding hydrogens is 785 g/mol. The fraction of sp³-hybridized carbons (Fsp3) is 0. The van der Waals surface area contributed by atoms with Crippen LogP contribution in [-0.2, 0) is 0 Å². The molecule has 15 aromatic rings. The zero-order valence-electron chi connectivity index (χ0n) is 34.1. The molecule has 6 heteroatoms. The lowest BCUT2D eigenvalue weighted by Gasteiger charge is -2.14. The molecule has 0 amide bonds. The standard InChI is InChI=1S/C58H32N4O2/c1-2-18-35(19-3-1)61-45-31-30-33-16-4-6-20-36(33)50(45)51-39-23-9-8-22-38(39)48-40-24-10-13-27-44(40)62(54(48)55(51)61)58-59-52-42-26-12-15-29-47(42)64-57(52)53(60-58)43-32-34-17-5-7-21-37(34)49-41-25-11-14-28-46(41)63-56(43)49/h1-32H. The van der Waals surface area contributed by atoms with Crippen molar-refractivity contribution in [3.05, 3.63) is 194 Å². The topological polar surface area (TPSA) is 61.9 Å². The van der Waals surface area contributed by atoms with Crippen molar-refractivity contribution in [2.45, 2.75) is 0 Å². The Labute approximate surface area is 363 Å². The normalized spacial score (nSPS) is 12.4. The van der Waals surface area contributed by atoms with Crippen molar-refractivity contribution in [1.29, 1.82) is 0 Å². The number of aromatic nitrogens is 4. The zero-order valence-corrected chi connectivity index (χ0v) is 34.1. The van der Waals surface area contributed by atoms with E-state index in [9.17, 15) is 0 Å². The van der Waals surface area contributed by atoms with Crippen LogP contribution < -0.4 is 0 Å². The summed E-state index contributed by atoms with van der Waals surface area (Å²) in [6, 6.07) is 68.8. The molecule has 64 heavy (non-hydrogen) atoms. The van der Waals surface area contributed by atoms with Gasteiger partial charge in [0.1, 0.15) is 28.0 Å². The molecule has 0 saturated carbocycles. The van der Waals surface area contributed by atoms with E-state index in [-0.39, 0.29) is 0 Å². The molecule has 0 aliphatic rings. The molecule has 296 valence electrons. The molecule has 15 rings (SSSR count). The molecule has 6 nitrogen and oxygen atoms in total. The van der Waals surface area contributed by atoms with Crippen LogP contribution in [0.25, 0.3) is 143 Å². The van der Waals surface area contributed by atoms with Gasteiger partial charge in [0.2, 0.25) is 5.95 Å². The zero-order chi connectivity index (χ0) is 41.6. The highest BCUT2D eigenvalue weighted by Gasteiger charge is 2.29. The van der Waals surface area contributed by atoms with E-state index < -0.39 is 0 Å². The van der Waals surface area contributed by atoms with Gasteiger partial charge in [-0.3, -0.25) is 4.57 Å². The Morgan fingerprint density at radius 3 is 1.73 bits per heavy atom. The van der Waals surface area contributed by atoms with Crippen molar-refractivity contribution >= 4 is 120 Å². The van der Waals surface area contributed by atoms with E-state index in [0.29, 0.717) is 17.2 Å². The van der Waals surface area contributed by atoms with Gasteiger partial charge in [-0.05, 0) is 80.8 Å². The van der Waals surface area contributed by atoms with Gasteiger partial charge in [0.25, 0.3) is 0 Å². The Bertz CT molecular complexity index is 4490. The quantitative estimate of drug-likeness (QED) is 0.178. The molecule has 0 saturated heterocycles. The van der Waals surface area contributed by atoms with Gasteiger partial charge in [-0.2, -0.15) is 0 Å². The molecule has 0 aliphatic carbocycles. The van der Waals surface area contributed by atoms with Gasteiger partial charge in [-0.25, -0.2) is 9.97 Å². The average Bonchev–Trinajstić information content (AvgIpc) is 4.12. The fourth-order valence-corrected chi connectivity index (χ4v) is 10.9. The van der Waals surface area contributed by atoms with Gasteiger partial charge in [-0.15, -0.1) is 0 Å². The summed E-state index contributed by atoms with van der Waals surface area (Å²) in [5.41, 5.74) is 10.6. The van der Waals surface area contributed by atoms with E-state index in [1.807, 2.05) is 30.3 Å². The van der Waals surface area contributed by atoms with Crippen LogP contribution in [0.1, 0.15) is 0 Å². The second-order valence-corrected chi connectivity index (χ2v) is 16.8. The number of hydrogen-bond donors (Lipinski definition) is 0. The van der Waals surface area contributed by atoms with Gasteiger partial charge in [0, 0.05) is 49.0 Å². The summed E-state index contributed by atoms with van der Waals surface area (Å²) in [4.78, 5) is 11.3. The Morgan fingerprint density at radius 1 is 0.359 bits per heavy atom. The van der Waals surface area contributed by atoms with Gasteiger partial charge in [0.05, 0.1) is 22.1 Å². The van der Waals surface area contributed by atoms with Crippen LogP contribution in [0, 0.1) is 0 Å². The molecular formula is C58H32N4O2. The number of fused-ring (bicyclic) bond motifs is 20. The van der Waals surface area contributed by atoms with Crippen LogP contribution in [0.5, 0.6) is 0 Å². The second-order valence-electron chi connectivity index (χ2n) is 16.8. The highest BCUT2D eigenvalue weighted by molar-refractivity contribution is 6.39. The SMILES string of the molecule is c1ccc(-n2c3ccc4ccccc4c3c3c4ccccc4c4c5ccccc5n(-c5nc(-c6cc7ccccc7c7c6oc6ccccc67)c6oc7ccccc7c6n5)c4c32)cc1. The summed E-state index contributed by atoms with van der Waals surface area (Å²) in [6.45, 7) is 0. The summed E-state index contributed by atoms with van der Waals surface area (Å²) in [5.74, 6) is 0.545. The Morgan fingerprint density at radius 2 is 0.938 bits per heavy atom. The number of para-hydroxylation sites is 4. The minimum absolute atomic E-state index is 0.545. The largest absolute Gasteiger partial charge is 0.455 e. The Hall–Kier alpha value is -8.74. The lowest BCUT2D eigenvalue weighted by molar-refractivity contribution is 0.662. The Balaban J connectivity index is 1.19. The fourth-order valence-electron chi connectivity index (χ4n) is 10.9. The van der Waals surface area contributed by atoms with Gasteiger partial charge >= 0.3 is 0 Å². The van der Waals surface area contributed by atoms with Gasteiger partial charge in [-0.1, -0.05) is 146 Å². The molecule has 0 fully saturated rings. The Kier molecular flexibility index (Phi) is 6.59.